The first-order chi connectivity index (χ1) is 9.25. The molecule has 2 unspecified atom stereocenters. The van der Waals surface area contributed by atoms with Crippen molar-refractivity contribution in [2.24, 2.45) is 0 Å². The van der Waals surface area contributed by atoms with Gasteiger partial charge in [-0.25, -0.2) is 0 Å². The van der Waals surface area contributed by atoms with Gasteiger partial charge in [0.15, 0.2) is 0 Å². The molecule has 0 amide bonds. The maximum absolute atomic E-state index is 10.9. The van der Waals surface area contributed by atoms with Gasteiger partial charge in [-0.1, -0.05) is 42.5 Å². The zero-order chi connectivity index (χ0) is 13.0. The standard InChI is InChI=1S/C16H11NO2/c18-17(19)10-5-6-14-13-7-8-15(16(14)9-10)12-4-2-1-3-11(12)13/h1-9,13,15H. The third-order valence-electron chi connectivity index (χ3n) is 4.11. The molecule has 2 aromatic carbocycles. The molecule has 0 N–H and O–H groups in total. The van der Waals surface area contributed by atoms with Gasteiger partial charge in [-0.15, -0.1) is 0 Å². The van der Waals surface area contributed by atoms with Gasteiger partial charge < -0.3 is 0 Å². The van der Waals surface area contributed by atoms with Gasteiger partial charge in [0.25, 0.3) is 5.69 Å². The van der Waals surface area contributed by atoms with Crippen LogP contribution in [0.25, 0.3) is 0 Å². The second-order valence-corrected chi connectivity index (χ2v) is 5.04. The molecule has 5 rings (SSSR count). The number of hydrogen-bond acceptors (Lipinski definition) is 2. The van der Waals surface area contributed by atoms with Crippen LogP contribution in [-0.4, -0.2) is 4.92 Å². The molecule has 2 aromatic rings. The average molecular weight is 249 g/mol. The lowest BCUT2D eigenvalue weighted by molar-refractivity contribution is -0.384. The quantitative estimate of drug-likeness (QED) is 0.439. The lowest BCUT2D eigenvalue weighted by Gasteiger charge is -2.35. The topological polar surface area (TPSA) is 43.1 Å². The number of hydrogen-bond donors (Lipinski definition) is 0. The zero-order valence-corrected chi connectivity index (χ0v) is 10.1. The monoisotopic (exact) mass is 249 g/mol. The summed E-state index contributed by atoms with van der Waals surface area (Å²) >= 11 is 0. The van der Waals surface area contributed by atoms with Crippen LogP contribution in [-0.2, 0) is 0 Å². The minimum Gasteiger partial charge on any atom is -0.258 e. The van der Waals surface area contributed by atoms with E-state index in [-0.39, 0.29) is 22.4 Å². The Kier molecular flexibility index (Phi) is 1.96. The largest absolute Gasteiger partial charge is 0.269 e. The molecule has 0 spiro atoms. The molecule has 19 heavy (non-hydrogen) atoms. The first-order valence-electron chi connectivity index (χ1n) is 6.31. The number of rotatable bonds is 1. The van der Waals surface area contributed by atoms with E-state index in [1.54, 1.807) is 12.1 Å². The van der Waals surface area contributed by atoms with E-state index >= 15 is 0 Å². The van der Waals surface area contributed by atoms with Crippen molar-refractivity contribution in [3.05, 3.63) is 87.0 Å². The lowest BCUT2D eigenvalue weighted by Crippen LogP contribution is -2.20. The van der Waals surface area contributed by atoms with Crippen molar-refractivity contribution in [2.75, 3.05) is 0 Å². The molecule has 0 aliphatic heterocycles. The van der Waals surface area contributed by atoms with E-state index in [1.165, 1.54) is 16.7 Å². The van der Waals surface area contributed by atoms with Crippen LogP contribution in [0, 0.1) is 10.1 Å². The molecule has 0 heterocycles. The minimum absolute atomic E-state index is 0.163. The van der Waals surface area contributed by atoms with Crippen molar-refractivity contribution in [3.8, 4) is 0 Å². The molecule has 2 bridgehead atoms. The van der Waals surface area contributed by atoms with Crippen LogP contribution in [0.3, 0.4) is 0 Å². The molecule has 3 aliphatic carbocycles. The number of nitro groups is 1. The fourth-order valence-electron chi connectivity index (χ4n) is 3.28. The fraction of sp³-hybridized carbons (Fsp3) is 0.125. The molecule has 3 aliphatic rings. The number of nitro benzene ring substituents is 1. The number of nitrogens with zero attached hydrogens (tertiary/aromatic N) is 1. The molecule has 0 radical (unpaired) electrons. The number of non-ortho nitro benzene ring substituents is 1. The fourth-order valence-corrected chi connectivity index (χ4v) is 3.28. The van der Waals surface area contributed by atoms with Gasteiger partial charge >= 0.3 is 0 Å². The summed E-state index contributed by atoms with van der Waals surface area (Å²) in [6, 6.07) is 13.6. The molecule has 0 fully saturated rings. The second kappa shape index (κ2) is 3.54. The van der Waals surface area contributed by atoms with Gasteiger partial charge in [-0.2, -0.15) is 0 Å². The molecular formula is C16H11NO2. The van der Waals surface area contributed by atoms with Gasteiger partial charge in [0.05, 0.1) is 4.92 Å². The molecule has 3 nitrogen and oxygen atoms in total. The van der Waals surface area contributed by atoms with E-state index in [2.05, 4.69) is 30.4 Å². The highest BCUT2D eigenvalue weighted by Crippen LogP contribution is 2.49. The van der Waals surface area contributed by atoms with Crippen LogP contribution in [0.4, 0.5) is 5.69 Å². The summed E-state index contributed by atoms with van der Waals surface area (Å²) in [4.78, 5) is 10.6. The smallest absolute Gasteiger partial charge is 0.258 e. The van der Waals surface area contributed by atoms with Crippen molar-refractivity contribution in [1.29, 1.82) is 0 Å². The summed E-state index contributed by atoms with van der Waals surface area (Å²) in [6.45, 7) is 0. The van der Waals surface area contributed by atoms with Crippen molar-refractivity contribution in [1.82, 2.24) is 0 Å². The summed E-state index contributed by atoms with van der Waals surface area (Å²) in [5.74, 6) is 0.410. The van der Waals surface area contributed by atoms with Crippen molar-refractivity contribution in [2.45, 2.75) is 11.8 Å². The van der Waals surface area contributed by atoms with Gasteiger partial charge in [0.2, 0.25) is 0 Å². The van der Waals surface area contributed by atoms with Crippen LogP contribution in [0.15, 0.2) is 54.6 Å². The average Bonchev–Trinajstić information content (AvgIpc) is 2.47. The van der Waals surface area contributed by atoms with Crippen molar-refractivity contribution in [3.63, 3.8) is 0 Å². The maximum Gasteiger partial charge on any atom is 0.269 e. The summed E-state index contributed by atoms with van der Waals surface area (Å²) in [7, 11) is 0. The zero-order valence-electron chi connectivity index (χ0n) is 10.1. The van der Waals surface area contributed by atoms with Gasteiger partial charge in [-0.05, 0) is 22.3 Å². The first kappa shape index (κ1) is 10.5. The third-order valence-corrected chi connectivity index (χ3v) is 4.11. The van der Waals surface area contributed by atoms with E-state index in [0.717, 1.165) is 5.56 Å². The second-order valence-electron chi connectivity index (χ2n) is 5.04. The van der Waals surface area contributed by atoms with E-state index in [0.29, 0.717) is 0 Å². The predicted molar refractivity (Wildman–Crippen MR) is 72.4 cm³/mol. The Labute approximate surface area is 110 Å². The highest BCUT2D eigenvalue weighted by Gasteiger charge is 2.34. The Morgan fingerprint density at radius 3 is 2.05 bits per heavy atom. The van der Waals surface area contributed by atoms with Crippen molar-refractivity contribution >= 4 is 5.69 Å². The van der Waals surface area contributed by atoms with E-state index < -0.39 is 0 Å². The summed E-state index contributed by atoms with van der Waals surface area (Å²) in [5.41, 5.74) is 5.08. The normalized spacial score (nSPS) is 21.9. The number of benzene rings is 2. The Morgan fingerprint density at radius 1 is 0.842 bits per heavy atom. The van der Waals surface area contributed by atoms with Crippen molar-refractivity contribution < 1.29 is 4.92 Å². The molecule has 0 saturated heterocycles. The summed E-state index contributed by atoms with van der Waals surface area (Å²) < 4.78 is 0. The van der Waals surface area contributed by atoms with E-state index in [4.69, 9.17) is 0 Å². The highest BCUT2D eigenvalue weighted by molar-refractivity contribution is 5.62. The Balaban J connectivity index is 1.96. The van der Waals surface area contributed by atoms with E-state index in [9.17, 15) is 10.1 Å². The Bertz CT molecular complexity index is 733. The molecule has 3 heteroatoms. The van der Waals surface area contributed by atoms with Gasteiger partial charge in [0.1, 0.15) is 0 Å². The molecule has 92 valence electrons. The molecule has 0 aromatic heterocycles. The summed E-state index contributed by atoms with van der Waals surface area (Å²) in [5, 5.41) is 10.9. The van der Waals surface area contributed by atoms with Gasteiger partial charge in [-0.3, -0.25) is 10.1 Å². The lowest BCUT2D eigenvalue weighted by atomic mass is 9.68. The maximum atomic E-state index is 10.9. The SMILES string of the molecule is O=[N+]([O-])c1ccc2c(c1)C1C=CC2c2ccccc21. The number of allylic oxidation sites excluding steroid dienone is 2. The van der Waals surface area contributed by atoms with Crippen LogP contribution in [0.1, 0.15) is 34.1 Å². The summed E-state index contributed by atoms with van der Waals surface area (Å²) in [6.07, 6.45) is 4.38. The van der Waals surface area contributed by atoms with Gasteiger partial charge in [0, 0.05) is 24.0 Å². The van der Waals surface area contributed by atoms with Crippen LogP contribution < -0.4 is 0 Å². The van der Waals surface area contributed by atoms with Crippen LogP contribution in [0.2, 0.25) is 0 Å². The molecular weight excluding hydrogens is 238 g/mol. The highest BCUT2D eigenvalue weighted by atomic mass is 16.6. The molecule has 0 saturated carbocycles. The third kappa shape index (κ3) is 1.32. The van der Waals surface area contributed by atoms with Crippen LogP contribution in [0.5, 0.6) is 0 Å². The molecule has 2 atom stereocenters. The van der Waals surface area contributed by atoms with E-state index in [1.807, 2.05) is 12.1 Å². The Hall–Kier alpha value is -2.42. The minimum atomic E-state index is -0.321. The predicted octanol–water partition coefficient (Wildman–Crippen LogP) is 3.74. The van der Waals surface area contributed by atoms with Crippen LogP contribution >= 0.6 is 0 Å². The Morgan fingerprint density at radius 2 is 1.42 bits per heavy atom. The first-order valence-corrected chi connectivity index (χ1v) is 6.31.